The fourth-order valence-electron chi connectivity index (χ4n) is 4.63. The second kappa shape index (κ2) is 12.2. The first-order chi connectivity index (χ1) is 19.2. The van der Waals surface area contributed by atoms with Crippen LogP contribution in [0.5, 0.6) is 11.5 Å². The van der Waals surface area contributed by atoms with Gasteiger partial charge in [0, 0.05) is 11.2 Å². The number of anilines is 1. The number of benzene rings is 3. The maximum absolute atomic E-state index is 14.4. The number of methoxy groups -OCH3 is 2. The Kier molecular flexibility index (Phi) is 8.72. The van der Waals surface area contributed by atoms with Crippen LogP contribution in [0, 0.1) is 0 Å². The highest BCUT2D eigenvalue weighted by atomic mass is 16.5. The van der Waals surface area contributed by atoms with Gasteiger partial charge in [-0.25, -0.2) is 4.68 Å². The Morgan fingerprint density at radius 1 is 0.975 bits per heavy atom. The van der Waals surface area contributed by atoms with Gasteiger partial charge in [-0.1, -0.05) is 55.5 Å². The van der Waals surface area contributed by atoms with E-state index in [0.29, 0.717) is 41.1 Å². The number of ether oxygens (including phenoxy) is 2. The monoisotopic (exact) mass is 543 g/mol. The van der Waals surface area contributed by atoms with Crippen LogP contribution in [0.3, 0.4) is 0 Å². The van der Waals surface area contributed by atoms with Crippen molar-refractivity contribution < 1.29 is 19.1 Å². The van der Waals surface area contributed by atoms with Crippen molar-refractivity contribution in [3.8, 4) is 11.5 Å². The van der Waals surface area contributed by atoms with Crippen LogP contribution in [0.15, 0.2) is 66.7 Å². The number of carbonyl (C=O) groups excluding carboxylic acids is 2. The molecule has 1 aromatic heterocycles. The zero-order valence-electron chi connectivity index (χ0n) is 24.0. The topological polar surface area (TPSA) is 98.6 Å². The van der Waals surface area contributed by atoms with Crippen molar-refractivity contribution >= 4 is 28.5 Å². The molecule has 1 N–H and O–H groups in total. The fourth-order valence-corrected chi connectivity index (χ4v) is 4.63. The molecule has 0 aliphatic heterocycles. The van der Waals surface area contributed by atoms with Crippen molar-refractivity contribution in [2.24, 2.45) is 0 Å². The summed E-state index contributed by atoms with van der Waals surface area (Å²) >= 11 is 0. The first kappa shape index (κ1) is 28.6. The molecule has 0 aliphatic carbocycles. The molecule has 0 bridgehead atoms. The zero-order valence-corrected chi connectivity index (χ0v) is 24.0. The van der Waals surface area contributed by atoms with Gasteiger partial charge in [0.2, 0.25) is 11.8 Å². The molecular weight excluding hydrogens is 506 g/mol. The van der Waals surface area contributed by atoms with Gasteiger partial charge in [-0.15, -0.1) is 5.10 Å². The number of rotatable bonds is 11. The van der Waals surface area contributed by atoms with Gasteiger partial charge in [0.25, 0.3) is 0 Å². The smallest absolute Gasteiger partial charge is 0.249 e. The lowest BCUT2D eigenvalue weighted by atomic mass is 9.97. The predicted octanol–water partition coefficient (Wildman–Crippen LogP) is 5.09. The van der Waals surface area contributed by atoms with E-state index in [1.54, 1.807) is 42.0 Å². The SMILES string of the molecule is CCc1ccccc1N(C(=O)Cn1nnc2ccccc21)[C@H](C(=O)NC(C)(C)CC)c1ccc(OC)c(OC)c1. The van der Waals surface area contributed by atoms with Crippen molar-refractivity contribution in [2.45, 2.75) is 58.7 Å². The minimum Gasteiger partial charge on any atom is -0.493 e. The highest BCUT2D eigenvalue weighted by Gasteiger charge is 2.36. The predicted molar refractivity (Wildman–Crippen MR) is 156 cm³/mol. The molecule has 1 atom stereocenters. The lowest BCUT2D eigenvalue weighted by Gasteiger charge is -2.35. The van der Waals surface area contributed by atoms with Crippen molar-refractivity contribution in [1.82, 2.24) is 20.3 Å². The first-order valence-electron chi connectivity index (χ1n) is 13.4. The fraction of sp³-hybridized carbons (Fsp3) is 0.355. The molecule has 0 fully saturated rings. The van der Waals surface area contributed by atoms with E-state index < -0.39 is 11.6 Å². The average molecular weight is 544 g/mol. The molecule has 40 heavy (non-hydrogen) atoms. The minimum atomic E-state index is -0.999. The number of nitrogens with one attached hydrogen (secondary N) is 1. The second-order valence-corrected chi connectivity index (χ2v) is 10.2. The summed E-state index contributed by atoms with van der Waals surface area (Å²) in [5.74, 6) is 0.383. The molecule has 0 radical (unpaired) electrons. The maximum Gasteiger partial charge on any atom is 0.249 e. The Labute approximate surface area is 235 Å². The normalized spacial score (nSPS) is 12.2. The third kappa shape index (κ3) is 5.93. The second-order valence-electron chi connectivity index (χ2n) is 10.2. The van der Waals surface area contributed by atoms with Crippen molar-refractivity contribution in [3.05, 3.63) is 77.9 Å². The summed E-state index contributed by atoms with van der Waals surface area (Å²) in [6.45, 7) is 7.86. The van der Waals surface area contributed by atoms with E-state index in [2.05, 4.69) is 15.6 Å². The number of nitrogens with zero attached hydrogens (tertiary/aromatic N) is 4. The van der Waals surface area contributed by atoms with E-state index in [1.165, 1.54) is 0 Å². The van der Waals surface area contributed by atoms with Gasteiger partial charge in [0.15, 0.2) is 11.5 Å². The van der Waals surface area contributed by atoms with Crippen LogP contribution in [0.2, 0.25) is 0 Å². The third-order valence-corrected chi connectivity index (χ3v) is 7.18. The molecule has 0 aliphatic rings. The Balaban J connectivity index is 1.90. The summed E-state index contributed by atoms with van der Waals surface area (Å²) in [7, 11) is 3.10. The van der Waals surface area contributed by atoms with Gasteiger partial charge in [-0.3, -0.25) is 14.5 Å². The maximum atomic E-state index is 14.4. The molecule has 1 heterocycles. The Hall–Kier alpha value is -4.40. The van der Waals surface area contributed by atoms with Gasteiger partial charge < -0.3 is 14.8 Å². The van der Waals surface area contributed by atoms with Crippen LogP contribution >= 0.6 is 0 Å². The number of aromatic nitrogens is 3. The van der Waals surface area contributed by atoms with Gasteiger partial charge in [0.05, 0.1) is 19.7 Å². The molecule has 0 saturated carbocycles. The molecule has 0 saturated heterocycles. The summed E-state index contributed by atoms with van der Waals surface area (Å²) in [6, 6.07) is 19.4. The average Bonchev–Trinajstić information content (AvgIpc) is 3.37. The van der Waals surface area contributed by atoms with Crippen molar-refractivity contribution in [3.63, 3.8) is 0 Å². The van der Waals surface area contributed by atoms with Crippen LogP contribution < -0.4 is 19.7 Å². The lowest BCUT2D eigenvalue weighted by molar-refractivity contribution is -0.128. The van der Waals surface area contributed by atoms with Gasteiger partial charge >= 0.3 is 0 Å². The quantitative estimate of drug-likeness (QED) is 0.283. The van der Waals surface area contributed by atoms with E-state index in [4.69, 9.17) is 9.47 Å². The molecule has 0 unspecified atom stereocenters. The van der Waals surface area contributed by atoms with Gasteiger partial charge in [-0.05, 0) is 68.1 Å². The Morgan fingerprint density at radius 3 is 2.38 bits per heavy atom. The lowest BCUT2D eigenvalue weighted by Crippen LogP contribution is -2.51. The van der Waals surface area contributed by atoms with Gasteiger partial charge in [-0.2, -0.15) is 0 Å². The molecule has 3 aromatic carbocycles. The number of hydrogen-bond acceptors (Lipinski definition) is 6. The van der Waals surface area contributed by atoms with Crippen LogP contribution in [-0.4, -0.2) is 46.6 Å². The highest BCUT2D eigenvalue weighted by molar-refractivity contribution is 6.02. The summed E-state index contributed by atoms with van der Waals surface area (Å²) in [6.07, 6.45) is 1.38. The largest absolute Gasteiger partial charge is 0.493 e. The number of aryl methyl sites for hydroxylation is 1. The van der Waals surface area contributed by atoms with E-state index in [0.717, 1.165) is 11.1 Å². The van der Waals surface area contributed by atoms with E-state index in [1.807, 2.05) is 76.2 Å². The summed E-state index contributed by atoms with van der Waals surface area (Å²) in [5.41, 5.74) is 3.11. The first-order valence-corrected chi connectivity index (χ1v) is 13.4. The Bertz CT molecular complexity index is 1500. The van der Waals surface area contributed by atoms with Crippen LogP contribution in [0.25, 0.3) is 11.0 Å². The van der Waals surface area contributed by atoms with E-state index >= 15 is 0 Å². The van der Waals surface area contributed by atoms with E-state index in [-0.39, 0.29) is 18.4 Å². The third-order valence-electron chi connectivity index (χ3n) is 7.18. The summed E-state index contributed by atoms with van der Waals surface area (Å²) in [4.78, 5) is 30.1. The standard InChI is InChI=1S/C31H37N5O4/c1-7-21-13-9-11-15-24(21)36(28(37)20-35-25-16-12-10-14-23(25)33-34-35)29(30(38)32-31(3,4)8-2)22-17-18-26(39-5)27(19-22)40-6/h9-19,29H,7-8,20H2,1-6H3,(H,32,38)/t29-/m0/s1. The number of amides is 2. The number of fused-ring (bicyclic) bond motifs is 1. The van der Waals surface area contributed by atoms with Gasteiger partial charge in [0.1, 0.15) is 18.1 Å². The van der Waals surface area contributed by atoms with Crippen LogP contribution in [0.4, 0.5) is 5.69 Å². The van der Waals surface area contributed by atoms with Crippen molar-refractivity contribution in [1.29, 1.82) is 0 Å². The molecule has 4 rings (SSSR count). The minimum absolute atomic E-state index is 0.104. The molecule has 9 nitrogen and oxygen atoms in total. The number of carbonyl (C=O) groups is 2. The zero-order chi connectivity index (χ0) is 28.9. The molecule has 0 spiro atoms. The van der Waals surface area contributed by atoms with Crippen LogP contribution in [-0.2, 0) is 22.6 Å². The highest BCUT2D eigenvalue weighted by Crippen LogP contribution is 2.36. The summed E-state index contributed by atoms with van der Waals surface area (Å²) < 4.78 is 12.6. The molecular formula is C31H37N5O4. The number of para-hydroxylation sites is 2. The molecule has 4 aromatic rings. The Morgan fingerprint density at radius 2 is 1.68 bits per heavy atom. The van der Waals surface area contributed by atoms with Crippen molar-refractivity contribution in [2.75, 3.05) is 19.1 Å². The molecule has 210 valence electrons. The molecule has 9 heteroatoms. The molecule has 2 amide bonds. The van der Waals surface area contributed by atoms with Crippen LogP contribution in [0.1, 0.15) is 51.3 Å². The number of hydrogen-bond donors (Lipinski definition) is 1. The van der Waals surface area contributed by atoms with E-state index in [9.17, 15) is 9.59 Å². The summed E-state index contributed by atoms with van der Waals surface area (Å²) in [5, 5.41) is 11.6.